The highest BCUT2D eigenvalue weighted by atomic mass is 35.5. The van der Waals surface area contributed by atoms with Crippen molar-refractivity contribution in [1.29, 1.82) is 0 Å². The summed E-state index contributed by atoms with van der Waals surface area (Å²) in [6.07, 6.45) is 2.05. The van der Waals surface area contributed by atoms with Gasteiger partial charge in [0.2, 0.25) is 0 Å². The van der Waals surface area contributed by atoms with Crippen LogP contribution in [0.2, 0.25) is 5.02 Å². The van der Waals surface area contributed by atoms with Gasteiger partial charge in [0, 0.05) is 32.4 Å². The molecular weight excluding hydrogens is 256 g/mol. The Balaban J connectivity index is 2.27. The standard InChI is InChI=1S/C16H19ClN2/c1-12(2)9-14-10-15(17)3-4-16(14)19-11-13-5-7-18-8-6-13/h3-8,10,12,19H,9,11H2,1-2H3/i9D2. The summed E-state index contributed by atoms with van der Waals surface area (Å²) in [6.45, 7) is 4.35. The van der Waals surface area contributed by atoms with E-state index in [2.05, 4.69) is 10.3 Å². The van der Waals surface area contributed by atoms with Gasteiger partial charge in [-0.3, -0.25) is 4.98 Å². The number of hydrogen-bond acceptors (Lipinski definition) is 2. The van der Waals surface area contributed by atoms with Crippen LogP contribution >= 0.6 is 11.6 Å². The number of pyridine rings is 1. The topological polar surface area (TPSA) is 24.9 Å². The molecule has 0 aliphatic rings. The van der Waals surface area contributed by atoms with E-state index in [0.29, 0.717) is 17.1 Å². The van der Waals surface area contributed by atoms with Gasteiger partial charge in [-0.2, -0.15) is 0 Å². The molecule has 0 spiro atoms. The molecule has 0 radical (unpaired) electrons. The number of nitrogens with one attached hydrogen (secondary N) is 1. The maximum Gasteiger partial charge on any atom is 0.0410 e. The maximum atomic E-state index is 8.30. The number of rotatable bonds is 5. The van der Waals surface area contributed by atoms with Crippen LogP contribution in [0.5, 0.6) is 0 Å². The first-order valence-electron chi connectivity index (χ1n) is 7.34. The van der Waals surface area contributed by atoms with Gasteiger partial charge in [-0.1, -0.05) is 25.4 Å². The SMILES string of the molecule is [2H]C([2H])(c1cc(Cl)ccc1NCc1ccncc1)C(C)C. The quantitative estimate of drug-likeness (QED) is 0.867. The first-order chi connectivity index (χ1) is 9.91. The van der Waals surface area contributed by atoms with Crippen molar-refractivity contribution in [3.8, 4) is 0 Å². The zero-order chi connectivity index (χ0) is 15.5. The minimum atomic E-state index is -1.44. The minimum absolute atomic E-state index is 0.141. The molecule has 0 fully saturated rings. The summed E-state index contributed by atoms with van der Waals surface area (Å²) in [5.74, 6) is -0.141. The van der Waals surface area contributed by atoms with Crippen LogP contribution in [0.1, 0.15) is 27.7 Å². The minimum Gasteiger partial charge on any atom is -0.381 e. The summed E-state index contributed by atoms with van der Waals surface area (Å²) in [5, 5.41) is 3.84. The molecule has 0 aliphatic heterocycles. The van der Waals surface area contributed by atoms with Crippen molar-refractivity contribution in [3.05, 3.63) is 58.9 Å². The lowest BCUT2D eigenvalue weighted by molar-refractivity contribution is 0.648. The molecule has 1 N–H and O–H groups in total. The maximum absolute atomic E-state index is 8.30. The first kappa shape index (κ1) is 11.3. The van der Waals surface area contributed by atoms with E-state index < -0.39 is 6.37 Å². The molecular formula is C16H19ClN2. The van der Waals surface area contributed by atoms with Crippen LogP contribution in [-0.2, 0) is 12.9 Å². The van der Waals surface area contributed by atoms with Crippen molar-refractivity contribution in [2.24, 2.45) is 5.92 Å². The zero-order valence-electron chi connectivity index (χ0n) is 13.2. The van der Waals surface area contributed by atoms with E-state index in [9.17, 15) is 0 Å². The molecule has 2 nitrogen and oxygen atoms in total. The Morgan fingerprint density at radius 2 is 2.00 bits per heavy atom. The molecule has 1 heterocycles. The van der Waals surface area contributed by atoms with Gasteiger partial charge in [-0.15, -0.1) is 0 Å². The fraction of sp³-hybridized carbons (Fsp3) is 0.312. The highest BCUT2D eigenvalue weighted by Gasteiger charge is 2.06. The second-order valence-corrected chi connectivity index (χ2v) is 5.13. The van der Waals surface area contributed by atoms with Gasteiger partial charge in [-0.25, -0.2) is 0 Å². The number of hydrogen-bond donors (Lipinski definition) is 1. The average molecular weight is 277 g/mol. The first-order valence-corrected chi connectivity index (χ1v) is 6.72. The monoisotopic (exact) mass is 276 g/mol. The molecule has 0 saturated carbocycles. The fourth-order valence-electron chi connectivity index (χ4n) is 1.80. The number of anilines is 1. The average Bonchev–Trinajstić information content (AvgIpc) is 2.46. The van der Waals surface area contributed by atoms with E-state index >= 15 is 0 Å². The van der Waals surface area contributed by atoms with Crippen molar-refractivity contribution < 1.29 is 2.74 Å². The smallest absolute Gasteiger partial charge is 0.0410 e. The molecule has 2 rings (SSSR count). The fourth-order valence-corrected chi connectivity index (χ4v) is 1.97. The van der Waals surface area contributed by atoms with Crippen molar-refractivity contribution in [2.75, 3.05) is 5.32 Å². The molecule has 0 amide bonds. The lowest BCUT2D eigenvalue weighted by Crippen LogP contribution is -2.04. The molecule has 1 aromatic heterocycles. The molecule has 0 unspecified atom stereocenters. The lowest BCUT2D eigenvalue weighted by atomic mass is 10.0. The van der Waals surface area contributed by atoms with Gasteiger partial charge < -0.3 is 5.32 Å². The number of nitrogens with zero attached hydrogens (tertiary/aromatic N) is 1. The van der Waals surface area contributed by atoms with Gasteiger partial charge in [0.1, 0.15) is 0 Å². The second kappa shape index (κ2) is 6.58. The summed E-state index contributed by atoms with van der Waals surface area (Å²) in [5.41, 5.74) is 2.46. The molecule has 0 bridgehead atoms. The molecule has 100 valence electrons. The van der Waals surface area contributed by atoms with Crippen LogP contribution in [-0.4, -0.2) is 4.98 Å². The van der Waals surface area contributed by atoms with Crippen LogP contribution in [0.25, 0.3) is 0 Å². The Bertz CT molecular complexity index is 600. The third-order valence-electron chi connectivity index (χ3n) is 2.66. The van der Waals surface area contributed by atoms with Crippen LogP contribution in [0.3, 0.4) is 0 Å². The van der Waals surface area contributed by atoms with E-state index in [1.807, 2.05) is 32.0 Å². The molecule has 3 heteroatoms. The van der Waals surface area contributed by atoms with E-state index in [4.69, 9.17) is 14.3 Å². The molecule has 0 saturated heterocycles. The third kappa shape index (κ3) is 4.25. The van der Waals surface area contributed by atoms with E-state index in [0.717, 1.165) is 11.3 Å². The molecule has 0 aliphatic carbocycles. The number of halogens is 1. The van der Waals surface area contributed by atoms with Crippen molar-refractivity contribution in [3.63, 3.8) is 0 Å². The Morgan fingerprint density at radius 3 is 2.68 bits per heavy atom. The summed E-state index contributed by atoms with van der Waals surface area (Å²) < 4.78 is 16.6. The predicted molar refractivity (Wildman–Crippen MR) is 81.6 cm³/mol. The van der Waals surface area contributed by atoms with Crippen molar-refractivity contribution >= 4 is 17.3 Å². The van der Waals surface area contributed by atoms with E-state index in [1.165, 1.54) is 0 Å². The summed E-state index contributed by atoms with van der Waals surface area (Å²) >= 11 is 6.04. The summed E-state index contributed by atoms with van der Waals surface area (Å²) in [6, 6.07) is 9.17. The zero-order valence-corrected chi connectivity index (χ0v) is 11.9. The van der Waals surface area contributed by atoms with Crippen LogP contribution in [0.15, 0.2) is 42.7 Å². The van der Waals surface area contributed by atoms with Crippen LogP contribution in [0.4, 0.5) is 5.69 Å². The number of aromatic nitrogens is 1. The molecule has 19 heavy (non-hydrogen) atoms. The van der Waals surface area contributed by atoms with Gasteiger partial charge in [0.05, 0.1) is 0 Å². The highest BCUT2D eigenvalue weighted by molar-refractivity contribution is 6.30. The Hall–Kier alpha value is -1.54. The van der Waals surface area contributed by atoms with Crippen LogP contribution < -0.4 is 5.32 Å². The molecule has 2 aromatic rings. The largest absolute Gasteiger partial charge is 0.381 e. The van der Waals surface area contributed by atoms with Crippen LogP contribution in [0, 0.1) is 5.92 Å². The van der Waals surface area contributed by atoms with Gasteiger partial charge in [0.15, 0.2) is 0 Å². The van der Waals surface area contributed by atoms with E-state index in [1.54, 1.807) is 24.5 Å². The van der Waals surface area contributed by atoms with Crippen molar-refractivity contribution in [1.82, 2.24) is 4.98 Å². The second-order valence-electron chi connectivity index (χ2n) is 4.70. The molecule has 0 atom stereocenters. The predicted octanol–water partition coefficient (Wildman–Crippen LogP) is 4.55. The summed E-state index contributed by atoms with van der Waals surface area (Å²) in [4.78, 5) is 3.99. The van der Waals surface area contributed by atoms with Gasteiger partial charge in [0.25, 0.3) is 0 Å². The summed E-state index contributed by atoms with van der Waals surface area (Å²) in [7, 11) is 0. The molecule has 1 aromatic carbocycles. The lowest BCUT2D eigenvalue weighted by Gasteiger charge is -2.14. The Labute approximate surface area is 122 Å². The van der Waals surface area contributed by atoms with Gasteiger partial charge in [-0.05, 0) is 53.7 Å². The van der Waals surface area contributed by atoms with Crippen molar-refractivity contribution in [2.45, 2.75) is 26.8 Å². The highest BCUT2D eigenvalue weighted by Crippen LogP contribution is 2.24. The normalized spacial score (nSPS) is 13.1. The van der Waals surface area contributed by atoms with Gasteiger partial charge >= 0.3 is 0 Å². The Kier molecular flexibility index (Phi) is 3.91. The van der Waals surface area contributed by atoms with E-state index in [-0.39, 0.29) is 5.92 Å². The Morgan fingerprint density at radius 1 is 1.26 bits per heavy atom. The number of benzene rings is 1. The third-order valence-corrected chi connectivity index (χ3v) is 2.89.